The maximum absolute atomic E-state index is 12.5. The molecule has 26 heavy (non-hydrogen) atoms. The van der Waals surface area contributed by atoms with Gasteiger partial charge in [-0.25, -0.2) is 13.2 Å². The molecule has 9 heteroatoms. The maximum atomic E-state index is 12.5. The smallest absolute Gasteiger partial charge is 0.407 e. The number of sulfonamides is 1. The van der Waals surface area contributed by atoms with E-state index in [2.05, 4.69) is 5.32 Å². The quantitative estimate of drug-likeness (QED) is 0.633. The second-order valence-corrected chi connectivity index (χ2v) is 10.5. The van der Waals surface area contributed by atoms with E-state index in [0.29, 0.717) is 0 Å². The van der Waals surface area contributed by atoms with Gasteiger partial charge in [-0.3, -0.25) is 4.79 Å². The number of esters is 1. The van der Waals surface area contributed by atoms with Crippen molar-refractivity contribution >= 4 is 22.1 Å². The first-order valence-corrected chi connectivity index (χ1v) is 10.3. The van der Waals surface area contributed by atoms with Gasteiger partial charge >= 0.3 is 12.1 Å². The summed E-state index contributed by atoms with van der Waals surface area (Å²) in [5.41, 5.74) is -1.39. The second-order valence-electron chi connectivity index (χ2n) is 8.52. The van der Waals surface area contributed by atoms with E-state index in [1.54, 1.807) is 41.5 Å². The molecule has 0 saturated heterocycles. The molecular weight excluding hydrogens is 360 g/mol. The van der Waals surface area contributed by atoms with Gasteiger partial charge in [-0.15, -0.1) is 0 Å². The van der Waals surface area contributed by atoms with Gasteiger partial charge in [0, 0.05) is 19.6 Å². The number of nitrogens with one attached hydrogen (secondary N) is 1. The molecule has 0 fully saturated rings. The van der Waals surface area contributed by atoms with Crippen LogP contribution in [0.15, 0.2) is 0 Å². The number of rotatable bonds is 8. The van der Waals surface area contributed by atoms with Crippen molar-refractivity contribution in [2.75, 3.05) is 25.4 Å². The molecule has 0 saturated carbocycles. The summed E-state index contributed by atoms with van der Waals surface area (Å²) in [4.78, 5) is 23.6. The molecule has 1 amide bonds. The van der Waals surface area contributed by atoms with Crippen molar-refractivity contribution in [1.29, 1.82) is 0 Å². The molecule has 0 aliphatic heterocycles. The predicted octanol–water partition coefficient (Wildman–Crippen LogP) is 2.14. The Labute approximate surface area is 157 Å². The fourth-order valence-corrected chi connectivity index (χ4v) is 3.39. The Bertz CT molecular complexity index is 573. The highest BCUT2D eigenvalue weighted by molar-refractivity contribution is 7.89. The third-order valence-corrected chi connectivity index (χ3v) is 4.43. The van der Waals surface area contributed by atoms with Gasteiger partial charge in [0.15, 0.2) is 5.75 Å². The zero-order valence-corrected chi connectivity index (χ0v) is 18.0. The van der Waals surface area contributed by atoms with E-state index in [1.807, 2.05) is 13.8 Å². The standard InChI is InChI=1S/C17H34N2O6S/c1-13(2)11-19(10-9-18-15(21)25-17(6,7)8)26(22,23)12-14(20)24-16(3,4)5/h13H,9-12H2,1-8H3,(H,18,21). The SMILES string of the molecule is CC(C)CN(CCNC(=O)OC(C)(C)C)S(=O)(=O)CC(=O)OC(C)(C)C. The summed E-state index contributed by atoms with van der Waals surface area (Å²) in [7, 11) is -3.86. The fourth-order valence-electron chi connectivity index (χ4n) is 1.96. The van der Waals surface area contributed by atoms with Gasteiger partial charge < -0.3 is 14.8 Å². The molecule has 0 bridgehead atoms. The molecule has 0 aromatic carbocycles. The number of hydrogen-bond acceptors (Lipinski definition) is 6. The average molecular weight is 395 g/mol. The lowest BCUT2D eigenvalue weighted by Gasteiger charge is -2.25. The Morgan fingerprint density at radius 2 is 1.50 bits per heavy atom. The van der Waals surface area contributed by atoms with Crippen molar-refractivity contribution < 1.29 is 27.5 Å². The van der Waals surface area contributed by atoms with Crippen LogP contribution in [0.2, 0.25) is 0 Å². The minimum absolute atomic E-state index is 0.0442. The fraction of sp³-hybridized carbons (Fsp3) is 0.882. The largest absolute Gasteiger partial charge is 0.459 e. The van der Waals surface area contributed by atoms with Crippen molar-refractivity contribution in [1.82, 2.24) is 9.62 Å². The van der Waals surface area contributed by atoms with Crippen molar-refractivity contribution in [2.45, 2.75) is 66.6 Å². The first-order chi connectivity index (χ1) is 11.5. The highest BCUT2D eigenvalue weighted by Crippen LogP contribution is 2.11. The lowest BCUT2D eigenvalue weighted by Crippen LogP contribution is -2.44. The van der Waals surface area contributed by atoms with Crippen molar-refractivity contribution in [3.8, 4) is 0 Å². The second kappa shape index (κ2) is 9.55. The van der Waals surface area contributed by atoms with Crippen LogP contribution in [0.3, 0.4) is 0 Å². The maximum Gasteiger partial charge on any atom is 0.407 e. The van der Waals surface area contributed by atoms with Gasteiger partial charge in [0.25, 0.3) is 0 Å². The summed E-state index contributed by atoms with van der Waals surface area (Å²) < 4.78 is 36.5. The van der Waals surface area contributed by atoms with Gasteiger partial charge in [-0.05, 0) is 47.5 Å². The third-order valence-electron chi connectivity index (χ3n) is 2.71. The highest BCUT2D eigenvalue weighted by atomic mass is 32.2. The van der Waals surface area contributed by atoms with Gasteiger partial charge in [-0.1, -0.05) is 13.8 Å². The van der Waals surface area contributed by atoms with Crippen molar-refractivity contribution in [3.05, 3.63) is 0 Å². The van der Waals surface area contributed by atoms with Gasteiger partial charge in [0.05, 0.1) is 0 Å². The molecule has 0 aliphatic carbocycles. The molecule has 0 atom stereocenters. The molecule has 0 spiro atoms. The molecule has 154 valence electrons. The number of amides is 1. The Kier molecular flexibility index (Phi) is 9.05. The number of hydrogen-bond donors (Lipinski definition) is 1. The van der Waals surface area contributed by atoms with Crippen LogP contribution < -0.4 is 5.32 Å². The van der Waals surface area contributed by atoms with Crippen LogP contribution in [-0.2, 0) is 24.3 Å². The number of alkyl carbamates (subject to hydrolysis) is 1. The first-order valence-electron chi connectivity index (χ1n) is 8.68. The summed E-state index contributed by atoms with van der Waals surface area (Å²) in [5, 5.41) is 2.52. The van der Waals surface area contributed by atoms with Gasteiger partial charge in [0.2, 0.25) is 10.0 Å². The third kappa shape index (κ3) is 12.1. The molecule has 0 radical (unpaired) electrons. The monoisotopic (exact) mass is 394 g/mol. The molecule has 0 heterocycles. The van der Waals surface area contributed by atoms with Crippen molar-refractivity contribution in [3.63, 3.8) is 0 Å². The Balaban J connectivity index is 4.86. The molecule has 0 rings (SSSR count). The van der Waals surface area contributed by atoms with Gasteiger partial charge in [-0.2, -0.15) is 4.31 Å². The number of carbonyl (C=O) groups is 2. The molecule has 0 aromatic rings. The number of nitrogens with zero attached hydrogens (tertiary/aromatic N) is 1. The lowest BCUT2D eigenvalue weighted by molar-refractivity contribution is -0.151. The molecule has 0 aromatic heterocycles. The van der Waals surface area contributed by atoms with E-state index in [4.69, 9.17) is 9.47 Å². The molecule has 0 aliphatic rings. The average Bonchev–Trinajstić information content (AvgIpc) is 2.31. The van der Waals surface area contributed by atoms with Crippen LogP contribution in [0, 0.1) is 5.92 Å². The number of ether oxygens (including phenoxy) is 2. The van der Waals surface area contributed by atoms with Crippen molar-refractivity contribution in [2.24, 2.45) is 5.92 Å². The highest BCUT2D eigenvalue weighted by Gasteiger charge is 2.29. The Morgan fingerprint density at radius 1 is 1.00 bits per heavy atom. The Hall–Kier alpha value is -1.35. The van der Waals surface area contributed by atoms with E-state index < -0.39 is 39.0 Å². The van der Waals surface area contributed by atoms with E-state index in [1.165, 1.54) is 4.31 Å². The predicted molar refractivity (Wildman–Crippen MR) is 100 cm³/mol. The van der Waals surface area contributed by atoms with E-state index >= 15 is 0 Å². The minimum Gasteiger partial charge on any atom is -0.459 e. The lowest BCUT2D eigenvalue weighted by atomic mass is 10.2. The van der Waals surface area contributed by atoms with Crippen LogP contribution in [0.1, 0.15) is 55.4 Å². The van der Waals surface area contributed by atoms with Crippen LogP contribution in [0.25, 0.3) is 0 Å². The van der Waals surface area contributed by atoms with E-state index in [9.17, 15) is 18.0 Å². The molecule has 8 nitrogen and oxygen atoms in total. The van der Waals surface area contributed by atoms with E-state index in [-0.39, 0.29) is 25.6 Å². The summed E-state index contributed by atoms with van der Waals surface area (Å²) >= 11 is 0. The summed E-state index contributed by atoms with van der Waals surface area (Å²) in [6.45, 7) is 14.3. The topological polar surface area (TPSA) is 102 Å². The van der Waals surface area contributed by atoms with Crippen LogP contribution in [0.5, 0.6) is 0 Å². The normalized spacial score (nSPS) is 13.0. The molecule has 1 N–H and O–H groups in total. The zero-order chi connectivity index (χ0) is 20.8. The number of carbonyl (C=O) groups excluding carboxylic acids is 2. The van der Waals surface area contributed by atoms with Crippen LogP contribution in [0.4, 0.5) is 4.79 Å². The first kappa shape index (κ1) is 24.7. The summed E-state index contributed by atoms with van der Waals surface area (Å²) in [5.74, 6) is -1.47. The zero-order valence-electron chi connectivity index (χ0n) is 17.2. The summed E-state index contributed by atoms with van der Waals surface area (Å²) in [6, 6.07) is 0. The molecular formula is C17H34N2O6S. The van der Waals surface area contributed by atoms with Crippen LogP contribution in [-0.4, -0.2) is 61.4 Å². The van der Waals surface area contributed by atoms with Crippen LogP contribution >= 0.6 is 0 Å². The van der Waals surface area contributed by atoms with Gasteiger partial charge in [0.1, 0.15) is 11.2 Å². The Morgan fingerprint density at radius 3 is 1.92 bits per heavy atom. The minimum atomic E-state index is -3.86. The summed E-state index contributed by atoms with van der Waals surface area (Å²) in [6.07, 6.45) is -0.619. The van der Waals surface area contributed by atoms with E-state index in [0.717, 1.165) is 0 Å². The molecule has 0 unspecified atom stereocenters.